The minimum atomic E-state index is -0.742. The van der Waals surface area contributed by atoms with E-state index in [9.17, 15) is 9.90 Å². The average Bonchev–Trinajstić information content (AvgIpc) is 3.16. The Morgan fingerprint density at radius 1 is 1.24 bits per heavy atom. The first-order valence-corrected chi connectivity index (χ1v) is 10.7. The Hall–Kier alpha value is -3.40. The van der Waals surface area contributed by atoms with E-state index in [0.717, 1.165) is 0 Å². The number of fused-ring (bicyclic) bond motifs is 1. The van der Waals surface area contributed by atoms with Crippen LogP contribution in [0.25, 0.3) is 16.8 Å². The molecule has 1 amide bonds. The topological polar surface area (TPSA) is 128 Å². The van der Waals surface area contributed by atoms with Crippen LogP contribution in [0.1, 0.15) is 28.4 Å². The Kier molecular flexibility index (Phi) is 6.64. The summed E-state index contributed by atoms with van der Waals surface area (Å²) < 4.78 is 6.80. The van der Waals surface area contributed by atoms with Crippen molar-refractivity contribution in [3.8, 4) is 17.1 Å². The molecule has 4 rings (SSSR count). The predicted molar refractivity (Wildman–Crippen MR) is 126 cm³/mol. The van der Waals surface area contributed by atoms with Crippen molar-refractivity contribution < 1.29 is 14.6 Å². The van der Waals surface area contributed by atoms with E-state index in [1.54, 1.807) is 42.6 Å². The summed E-state index contributed by atoms with van der Waals surface area (Å²) in [6.07, 6.45) is 2.45. The maximum absolute atomic E-state index is 12.9. The third-order valence-electron chi connectivity index (χ3n) is 5.08. The van der Waals surface area contributed by atoms with Crippen molar-refractivity contribution >= 4 is 40.4 Å². The van der Waals surface area contributed by atoms with Gasteiger partial charge < -0.3 is 20.9 Å². The van der Waals surface area contributed by atoms with Gasteiger partial charge in [-0.05, 0) is 36.2 Å². The first-order chi connectivity index (χ1) is 15.9. The molecule has 0 unspecified atom stereocenters. The maximum atomic E-state index is 12.9. The van der Waals surface area contributed by atoms with Gasteiger partial charge in [0, 0.05) is 23.3 Å². The number of methoxy groups -OCH3 is 1. The van der Waals surface area contributed by atoms with E-state index in [1.807, 2.05) is 0 Å². The van der Waals surface area contributed by atoms with E-state index < -0.39 is 12.0 Å². The van der Waals surface area contributed by atoms with Crippen LogP contribution in [0, 0.1) is 0 Å². The highest BCUT2D eigenvalue weighted by Gasteiger charge is 2.19. The molecule has 0 radical (unpaired) electrons. The van der Waals surface area contributed by atoms with Crippen molar-refractivity contribution in [1.82, 2.24) is 24.9 Å². The fourth-order valence-corrected chi connectivity index (χ4v) is 3.82. The van der Waals surface area contributed by atoms with Crippen molar-refractivity contribution in [2.45, 2.75) is 12.5 Å². The quantitative estimate of drug-likeness (QED) is 0.364. The van der Waals surface area contributed by atoms with Crippen molar-refractivity contribution in [2.24, 2.45) is 0 Å². The normalized spacial score (nSPS) is 12.0. The van der Waals surface area contributed by atoms with Crippen LogP contribution >= 0.6 is 23.2 Å². The van der Waals surface area contributed by atoms with Gasteiger partial charge in [-0.25, -0.2) is 14.5 Å². The van der Waals surface area contributed by atoms with E-state index in [0.29, 0.717) is 38.8 Å². The molecule has 0 saturated carbocycles. The lowest BCUT2D eigenvalue weighted by atomic mass is 10.1. The van der Waals surface area contributed by atoms with Crippen molar-refractivity contribution in [1.29, 1.82) is 0 Å². The zero-order valence-electron chi connectivity index (χ0n) is 17.5. The second-order valence-corrected chi connectivity index (χ2v) is 8.02. The first-order valence-electron chi connectivity index (χ1n) is 9.93. The third kappa shape index (κ3) is 4.70. The molecule has 0 bridgehead atoms. The highest BCUT2D eigenvalue weighted by Crippen LogP contribution is 2.32. The Labute approximate surface area is 199 Å². The summed E-state index contributed by atoms with van der Waals surface area (Å²) in [5.74, 6) is 0.00105. The molecule has 9 nitrogen and oxygen atoms in total. The fraction of sp³-hybridized carbons (Fsp3) is 0.182. The number of hydrogen-bond donors (Lipinski definition) is 3. The van der Waals surface area contributed by atoms with Gasteiger partial charge in [0.2, 0.25) is 5.88 Å². The van der Waals surface area contributed by atoms with Crippen molar-refractivity contribution in [2.75, 3.05) is 19.4 Å². The molecule has 11 heteroatoms. The van der Waals surface area contributed by atoms with Gasteiger partial charge in [-0.1, -0.05) is 35.3 Å². The molecule has 170 valence electrons. The number of nitrogens with zero attached hydrogens (tertiary/aromatic N) is 4. The second kappa shape index (κ2) is 9.62. The molecule has 0 aliphatic heterocycles. The monoisotopic (exact) mass is 486 g/mol. The molecule has 4 N–H and O–H groups in total. The number of hydrogen-bond acceptors (Lipinski definition) is 7. The fourth-order valence-electron chi connectivity index (χ4n) is 3.42. The Morgan fingerprint density at radius 3 is 2.73 bits per heavy atom. The van der Waals surface area contributed by atoms with Crippen LogP contribution in [0.3, 0.4) is 0 Å². The summed E-state index contributed by atoms with van der Waals surface area (Å²) in [6.45, 7) is 0.236. The van der Waals surface area contributed by atoms with Crippen LogP contribution in [-0.2, 0) is 0 Å². The molecule has 0 spiro atoms. The lowest BCUT2D eigenvalue weighted by molar-refractivity contribution is 0.0939. The zero-order valence-corrected chi connectivity index (χ0v) is 19.0. The van der Waals surface area contributed by atoms with Gasteiger partial charge in [0.05, 0.1) is 23.9 Å². The number of ether oxygens (including phenoxy) is 1. The van der Waals surface area contributed by atoms with Gasteiger partial charge in [0.15, 0.2) is 5.82 Å². The molecule has 1 aromatic carbocycles. The second-order valence-electron chi connectivity index (χ2n) is 7.18. The van der Waals surface area contributed by atoms with Crippen molar-refractivity contribution in [3.05, 3.63) is 70.1 Å². The molecule has 0 aliphatic rings. The van der Waals surface area contributed by atoms with Gasteiger partial charge in [-0.2, -0.15) is 5.10 Å². The molecular formula is C22H20Cl2N6O3. The van der Waals surface area contributed by atoms with E-state index in [2.05, 4.69) is 20.4 Å². The van der Waals surface area contributed by atoms with E-state index >= 15 is 0 Å². The van der Waals surface area contributed by atoms with Crippen molar-refractivity contribution in [3.63, 3.8) is 0 Å². The highest BCUT2D eigenvalue weighted by atomic mass is 35.5. The number of aliphatic hydroxyl groups excluding tert-OH is 1. The highest BCUT2D eigenvalue weighted by molar-refractivity contribution is 6.35. The number of nitrogens with two attached hydrogens (primary N) is 1. The lowest BCUT2D eigenvalue weighted by Crippen LogP contribution is -2.26. The summed E-state index contributed by atoms with van der Waals surface area (Å²) in [5, 5.41) is 18.3. The largest absolute Gasteiger partial charge is 0.480 e. The molecule has 3 heterocycles. The lowest BCUT2D eigenvalue weighted by Gasteiger charge is -2.13. The Bertz CT molecular complexity index is 1310. The number of carbonyl (C=O) groups excluding carboxylic acids is 1. The Morgan fingerprint density at radius 2 is 2.00 bits per heavy atom. The predicted octanol–water partition coefficient (Wildman–Crippen LogP) is 3.54. The third-order valence-corrected chi connectivity index (χ3v) is 5.62. The molecular weight excluding hydrogens is 467 g/mol. The van der Waals surface area contributed by atoms with Crippen LogP contribution in [0.4, 0.5) is 5.82 Å². The Balaban J connectivity index is 1.54. The number of pyridine rings is 1. The molecule has 4 aromatic rings. The van der Waals surface area contributed by atoms with Crippen LogP contribution < -0.4 is 15.8 Å². The number of carbonyl (C=O) groups is 1. The number of amides is 1. The summed E-state index contributed by atoms with van der Waals surface area (Å²) >= 11 is 12.2. The van der Waals surface area contributed by atoms with E-state index in [1.165, 1.54) is 18.0 Å². The first kappa shape index (κ1) is 22.8. The van der Waals surface area contributed by atoms with Gasteiger partial charge >= 0.3 is 0 Å². The van der Waals surface area contributed by atoms with E-state index in [-0.39, 0.29) is 23.8 Å². The minimum absolute atomic E-state index is 0.163. The van der Waals surface area contributed by atoms with Crippen LogP contribution in [0.2, 0.25) is 10.0 Å². The smallest absolute Gasteiger partial charge is 0.256 e. The molecule has 33 heavy (non-hydrogen) atoms. The van der Waals surface area contributed by atoms with Gasteiger partial charge in [-0.15, -0.1) is 0 Å². The number of aliphatic hydroxyl groups is 1. The number of nitrogens with one attached hydrogen (secondary N) is 1. The summed E-state index contributed by atoms with van der Waals surface area (Å²) in [7, 11) is 1.43. The van der Waals surface area contributed by atoms with Crippen LogP contribution in [0.5, 0.6) is 5.88 Å². The standard InChI is InChI=1S/C22H20Cl2N6O3/c1-33-22-15(21(32)26-7-6-18(31)12-2-4-14(23)5-3-12)8-13(10-27-22)17-9-16(24)19-20(25)28-11-29-30(17)19/h2-5,8-11,18,31H,6-7H2,1H3,(H,26,32)(H2,25,28,29)/t18-/m1/s1. The molecule has 3 aromatic heterocycles. The summed E-state index contributed by atoms with van der Waals surface area (Å²) in [6, 6.07) is 10.2. The van der Waals surface area contributed by atoms with Gasteiger partial charge in [-0.3, -0.25) is 4.79 Å². The zero-order chi connectivity index (χ0) is 23.5. The summed E-state index contributed by atoms with van der Waals surface area (Å²) in [4.78, 5) is 21.1. The number of nitrogen functional groups attached to an aromatic ring is 1. The number of anilines is 1. The molecule has 0 saturated heterocycles. The SMILES string of the molecule is COc1ncc(-c2cc(Cl)c3c(N)ncnn23)cc1C(=O)NCC[C@@H](O)c1ccc(Cl)cc1. The molecule has 1 atom stereocenters. The van der Waals surface area contributed by atoms with Gasteiger partial charge in [0.25, 0.3) is 5.91 Å². The number of benzene rings is 1. The average molecular weight is 487 g/mol. The maximum Gasteiger partial charge on any atom is 0.256 e. The number of rotatable bonds is 7. The summed E-state index contributed by atoms with van der Waals surface area (Å²) in [5.41, 5.74) is 8.50. The van der Waals surface area contributed by atoms with Crippen LogP contribution in [-0.4, -0.2) is 44.3 Å². The number of aromatic nitrogens is 4. The number of halogens is 2. The van der Waals surface area contributed by atoms with Crippen LogP contribution in [0.15, 0.2) is 48.9 Å². The molecule has 0 aliphatic carbocycles. The van der Waals surface area contributed by atoms with Gasteiger partial charge in [0.1, 0.15) is 17.4 Å². The minimum Gasteiger partial charge on any atom is -0.480 e. The molecule has 0 fully saturated rings. The van der Waals surface area contributed by atoms with E-state index in [4.69, 9.17) is 33.7 Å².